The first kappa shape index (κ1) is 13.1. The van der Waals surface area contributed by atoms with Gasteiger partial charge in [-0.1, -0.05) is 27.2 Å². The highest BCUT2D eigenvalue weighted by Crippen LogP contribution is 2.16. The third kappa shape index (κ3) is 6.24. The topological polar surface area (TPSA) is 18.5 Å². The molecule has 0 heterocycles. The van der Waals surface area contributed by atoms with Gasteiger partial charge in [0.1, 0.15) is 0 Å². The maximum absolute atomic E-state index is 5.84. The SMILES string of the molecule is CCCO[Si](C)(CCC)OCCC. The molecule has 0 aromatic carbocycles. The Morgan fingerprint density at radius 3 is 1.62 bits per heavy atom. The van der Waals surface area contributed by atoms with E-state index in [2.05, 4.69) is 27.3 Å². The molecule has 0 saturated heterocycles. The van der Waals surface area contributed by atoms with Crippen LogP contribution in [0, 0.1) is 0 Å². The molecule has 0 radical (unpaired) electrons. The van der Waals surface area contributed by atoms with Gasteiger partial charge in [0.25, 0.3) is 0 Å². The standard InChI is InChI=1S/C10H24O2Si/c1-5-8-11-13(4,10-7-3)12-9-6-2/h5-10H2,1-4H3. The Hall–Kier alpha value is 0.137. The van der Waals surface area contributed by atoms with E-state index in [1.807, 2.05) is 0 Å². The molecule has 0 spiro atoms. The summed E-state index contributed by atoms with van der Waals surface area (Å²) < 4.78 is 11.7. The van der Waals surface area contributed by atoms with Gasteiger partial charge in [0.15, 0.2) is 0 Å². The van der Waals surface area contributed by atoms with Gasteiger partial charge in [-0.3, -0.25) is 0 Å². The summed E-state index contributed by atoms with van der Waals surface area (Å²) in [7, 11) is -1.79. The van der Waals surface area contributed by atoms with Crippen molar-refractivity contribution in [3.8, 4) is 0 Å². The minimum Gasteiger partial charge on any atom is -0.394 e. The monoisotopic (exact) mass is 204 g/mol. The van der Waals surface area contributed by atoms with Gasteiger partial charge in [-0.2, -0.15) is 0 Å². The van der Waals surface area contributed by atoms with Crippen LogP contribution in [0.5, 0.6) is 0 Å². The molecule has 2 nitrogen and oxygen atoms in total. The maximum atomic E-state index is 5.84. The summed E-state index contributed by atoms with van der Waals surface area (Å²) in [5.41, 5.74) is 0. The Bertz CT molecular complexity index is 109. The molecule has 0 aromatic rings. The Morgan fingerprint density at radius 1 is 0.846 bits per heavy atom. The van der Waals surface area contributed by atoms with E-state index in [9.17, 15) is 0 Å². The summed E-state index contributed by atoms with van der Waals surface area (Å²) >= 11 is 0. The lowest BCUT2D eigenvalue weighted by Crippen LogP contribution is -2.39. The summed E-state index contributed by atoms with van der Waals surface area (Å²) in [6.07, 6.45) is 3.33. The van der Waals surface area contributed by atoms with E-state index in [4.69, 9.17) is 8.85 Å². The third-order valence-corrected chi connectivity index (χ3v) is 4.96. The van der Waals surface area contributed by atoms with Crippen LogP contribution in [0.15, 0.2) is 0 Å². The van der Waals surface area contributed by atoms with Crippen LogP contribution in [0.1, 0.15) is 40.0 Å². The first-order valence-corrected chi connectivity index (χ1v) is 7.98. The molecule has 0 rings (SSSR count). The predicted octanol–water partition coefficient (Wildman–Crippen LogP) is 3.32. The number of hydrogen-bond donors (Lipinski definition) is 0. The molecule has 0 unspecified atom stereocenters. The van der Waals surface area contributed by atoms with Crippen molar-refractivity contribution in [2.24, 2.45) is 0 Å². The van der Waals surface area contributed by atoms with Crippen LogP contribution in [-0.4, -0.2) is 21.8 Å². The molecule has 0 aliphatic carbocycles. The highest BCUT2D eigenvalue weighted by molar-refractivity contribution is 6.66. The van der Waals surface area contributed by atoms with E-state index in [-0.39, 0.29) is 0 Å². The van der Waals surface area contributed by atoms with E-state index >= 15 is 0 Å². The summed E-state index contributed by atoms with van der Waals surface area (Å²) in [5.74, 6) is 0. The fourth-order valence-electron chi connectivity index (χ4n) is 1.28. The quantitative estimate of drug-likeness (QED) is 0.565. The largest absolute Gasteiger partial charge is 0.394 e. The highest BCUT2D eigenvalue weighted by Gasteiger charge is 2.29. The first-order valence-electron chi connectivity index (χ1n) is 5.46. The lowest BCUT2D eigenvalue weighted by atomic mass is 10.5. The molecule has 0 fully saturated rings. The predicted molar refractivity (Wildman–Crippen MR) is 59.2 cm³/mol. The highest BCUT2D eigenvalue weighted by atomic mass is 28.4. The smallest absolute Gasteiger partial charge is 0.334 e. The maximum Gasteiger partial charge on any atom is 0.334 e. The van der Waals surface area contributed by atoms with Gasteiger partial charge >= 0.3 is 8.56 Å². The van der Waals surface area contributed by atoms with Gasteiger partial charge in [-0.25, -0.2) is 0 Å². The van der Waals surface area contributed by atoms with Crippen molar-refractivity contribution in [2.75, 3.05) is 13.2 Å². The van der Waals surface area contributed by atoms with Gasteiger partial charge in [-0.15, -0.1) is 0 Å². The van der Waals surface area contributed by atoms with Crippen molar-refractivity contribution in [2.45, 2.75) is 52.6 Å². The average molecular weight is 204 g/mol. The second-order valence-corrected chi connectivity index (χ2v) is 6.93. The van der Waals surface area contributed by atoms with Crippen LogP contribution in [0.2, 0.25) is 12.6 Å². The van der Waals surface area contributed by atoms with Crippen molar-refractivity contribution < 1.29 is 8.85 Å². The van der Waals surface area contributed by atoms with Gasteiger partial charge in [0.2, 0.25) is 0 Å². The second kappa shape index (κ2) is 7.53. The van der Waals surface area contributed by atoms with Crippen LogP contribution >= 0.6 is 0 Å². The van der Waals surface area contributed by atoms with Gasteiger partial charge < -0.3 is 8.85 Å². The summed E-state index contributed by atoms with van der Waals surface area (Å²) in [6.45, 7) is 10.4. The summed E-state index contributed by atoms with van der Waals surface area (Å²) in [4.78, 5) is 0. The summed E-state index contributed by atoms with van der Waals surface area (Å²) in [5, 5.41) is 0. The zero-order chi connectivity index (χ0) is 10.2. The van der Waals surface area contributed by atoms with Crippen LogP contribution in [0.3, 0.4) is 0 Å². The number of rotatable bonds is 8. The fourth-order valence-corrected chi connectivity index (χ4v) is 3.83. The Balaban J connectivity index is 3.84. The van der Waals surface area contributed by atoms with Crippen molar-refractivity contribution in [3.63, 3.8) is 0 Å². The molecule has 0 bridgehead atoms. The molecule has 0 aromatic heterocycles. The number of hydrogen-bond acceptors (Lipinski definition) is 2. The molecule has 0 atom stereocenters. The molecular formula is C10H24O2Si. The summed E-state index contributed by atoms with van der Waals surface area (Å²) in [6, 6.07) is 1.12. The van der Waals surface area contributed by atoms with Crippen molar-refractivity contribution in [1.29, 1.82) is 0 Å². The lowest BCUT2D eigenvalue weighted by molar-refractivity contribution is 0.173. The van der Waals surface area contributed by atoms with Crippen LogP contribution in [-0.2, 0) is 8.85 Å². The van der Waals surface area contributed by atoms with E-state index in [1.165, 1.54) is 0 Å². The van der Waals surface area contributed by atoms with Crippen molar-refractivity contribution in [1.82, 2.24) is 0 Å². The minimum absolute atomic E-state index is 0.854. The third-order valence-electron chi connectivity index (χ3n) is 1.93. The van der Waals surface area contributed by atoms with Gasteiger partial charge in [0.05, 0.1) is 0 Å². The molecule has 0 aliphatic heterocycles. The molecule has 0 amide bonds. The first-order chi connectivity index (χ1) is 6.18. The molecule has 0 saturated carbocycles. The molecular weight excluding hydrogens is 180 g/mol. The Kier molecular flexibility index (Phi) is 7.61. The Morgan fingerprint density at radius 2 is 1.31 bits per heavy atom. The fraction of sp³-hybridized carbons (Fsp3) is 1.00. The molecule has 80 valence electrons. The van der Waals surface area contributed by atoms with Gasteiger partial charge in [-0.05, 0) is 25.4 Å². The van der Waals surface area contributed by atoms with Crippen molar-refractivity contribution >= 4 is 8.56 Å². The molecule has 3 heteroatoms. The van der Waals surface area contributed by atoms with Gasteiger partial charge in [0, 0.05) is 13.2 Å². The molecule has 13 heavy (non-hydrogen) atoms. The van der Waals surface area contributed by atoms with E-state index in [1.54, 1.807) is 0 Å². The van der Waals surface area contributed by atoms with E-state index < -0.39 is 8.56 Å². The van der Waals surface area contributed by atoms with Crippen LogP contribution in [0.25, 0.3) is 0 Å². The normalized spacial score (nSPS) is 12.0. The molecule has 0 N–H and O–H groups in total. The van der Waals surface area contributed by atoms with E-state index in [0.29, 0.717) is 0 Å². The van der Waals surface area contributed by atoms with Crippen LogP contribution in [0.4, 0.5) is 0 Å². The average Bonchev–Trinajstić information content (AvgIpc) is 2.12. The second-order valence-electron chi connectivity index (χ2n) is 3.58. The van der Waals surface area contributed by atoms with Crippen molar-refractivity contribution in [3.05, 3.63) is 0 Å². The zero-order valence-electron chi connectivity index (χ0n) is 9.56. The lowest BCUT2D eigenvalue weighted by Gasteiger charge is -2.26. The Labute approximate surface area is 83.9 Å². The molecule has 0 aliphatic rings. The zero-order valence-corrected chi connectivity index (χ0v) is 10.6. The van der Waals surface area contributed by atoms with E-state index in [0.717, 1.165) is 38.5 Å². The minimum atomic E-state index is -1.79. The van der Waals surface area contributed by atoms with Crippen LogP contribution < -0.4 is 0 Å².